The molecule has 0 aliphatic carbocycles. The zero-order chi connectivity index (χ0) is 23.0. The number of aromatic nitrogens is 4. The number of nitrogens with zero attached hydrogens (tertiary/aromatic N) is 4. The molecule has 1 aromatic carbocycles. The van der Waals surface area contributed by atoms with Crippen molar-refractivity contribution in [2.24, 2.45) is 7.05 Å². The van der Waals surface area contributed by atoms with Crippen LogP contribution in [-0.4, -0.2) is 33.4 Å². The fourth-order valence-electron chi connectivity index (χ4n) is 3.19. The predicted octanol–water partition coefficient (Wildman–Crippen LogP) is 5.03. The van der Waals surface area contributed by atoms with Crippen LogP contribution in [0.15, 0.2) is 47.9 Å². The molecule has 4 rings (SSSR count). The molecule has 4 aromatic rings. The SMILES string of the molecule is COc1cc2ncc(-c3cc(F)c(OC)c(NSc4cnn(C)c4)c3)n2cc1C(F)(F)F. The van der Waals surface area contributed by atoms with Gasteiger partial charge in [-0.3, -0.25) is 9.08 Å². The molecular formula is C20H17F4N5O2S. The third-order valence-corrected chi connectivity index (χ3v) is 5.41. The van der Waals surface area contributed by atoms with Gasteiger partial charge in [-0.15, -0.1) is 0 Å². The average Bonchev–Trinajstić information content (AvgIpc) is 3.35. The summed E-state index contributed by atoms with van der Waals surface area (Å²) in [5.41, 5.74) is 0.134. The lowest BCUT2D eigenvalue weighted by Crippen LogP contribution is -2.09. The highest BCUT2D eigenvalue weighted by atomic mass is 32.2. The van der Waals surface area contributed by atoms with Gasteiger partial charge in [0.2, 0.25) is 0 Å². The number of nitrogens with one attached hydrogen (secondary N) is 1. The minimum atomic E-state index is -4.64. The number of rotatable bonds is 6. The number of methoxy groups -OCH3 is 2. The van der Waals surface area contributed by atoms with E-state index in [1.807, 2.05) is 0 Å². The van der Waals surface area contributed by atoms with Gasteiger partial charge in [-0.25, -0.2) is 9.37 Å². The molecule has 0 unspecified atom stereocenters. The van der Waals surface area contributed by atoms with Crippen LogP contribution in [0.4, 0.5) is 23.2 Å². The number of ether oxygens (including phenoxy) is 2. The molecular weight excluding hydrogens is 450 g/mol. The van der Waals surface area contributed by atoms with Crippen molar-refractivity contribution in [2.75, 3.05) is 18.9 Å². The van der Waals surface area contributed by atoms with Gasteiger partial charge in [0.05, 0.1) is 42.9 Å². The summed E-state index contributed by atoms with van der Waals surface area (Å²) in [5.74, 6) is -1.06. The second kappa shape index (κ2) is 8.26. The molecule has 3 aromatic heterocycles. The van der Waals surface area contributed by atoms with Crippen molar-refractivity contribution >= 4 is 23.3 Å². The van der Waals surface area contributed by atoms with Gasteiger partial charge in [0.25, 0.3) is 0 Å². The average molecular weight is 467 g/mol. The van der Waals surface area contributed by atoms with Crippen LogP contribution in [0.3, 0.4) is 0 Å². The van der Waals surface area contributed by atoms with Crippen LogP contribution in [0.1, 0.15) is 5.56 Å². The topological polar surface area (TPSA) is 65.6 Å². The Labute approximate surface area is 184 Å². The number of anilines is 1. The van der Waals surface area contributed by atoms with Crippen molar-refractivity contribution in [1.82, 2.24) is 19.2 Å². The molecule has 1 N–H and O–H groups in total. The van der Waals surface area contributed by atoms with Crippen LogP contribution in [0, 0.1) is 5.82 Å². The zero-order valence-corrected chi connectivity index (χ0v) is 17.9. The number of benzene rings is 1. The summed E-state index contributed by atoms with van der Waals surface area (Å²) in [7, 11) is 4.25. The lowest BCUT2D eigenvalue weighted by molar-refractivity contribution is -0.139. The standard InChI is InChI=1S/C20H17F4N5O2S/c1-28-9-12(7-26-28)32-27-15-5-11(4-14(21)19(15)31-3)16-8-25-18-6-17(30-2)13(10-29(16)18)20(22,23)24/h4-10,27H,1-3H3. The maximum atomic E-state index is 14.8. The number of halogens is 4. The molecule has 0 aliphatic rings. The highest BCUT2D eigenvalue weighted by Crippen LogP contribution is 2.39. The Kier molecular flexibility index (Phi) is 5.63. The maximum Gasteiger partial charge on any atom is 0.421 e. The number of hydrogen-bond donors (Lipinski definition) is 1. The van der Waals surface area contributed by atoms with Crippen molar-refractivity contribution in [1.29, 1.82) is 0 Å². The lowest BCUT2D eigenvalue weighted by Gasteiger charge is -2.15. The maximum absolute atomic E-state index is 14.8. The zero-order valence-electron chi connectivity index (χ0n) is 17.1. The third-order valence-electron chi connectivity index (χ3n) is 4.64. The first kappa shape index (κ1) is 21.8. The van der Waals surface area contributed by atoms with E-state index in [0.717, 1.165) is 18.2 Å². The van der Waals surface area contributed by atoms with E-state index < -0.39 is 17.6 Å². The molecule has 0 aliphatic heterocycles. The Morgan fingerprint density at radius 3 is 2.47 bits per heavy atom. The van der Waals surface area contributed by atoms with Crippen molar-refractivity contribution in [3.63, 3.8) is 0 Å². The smallest absolute Gasteiger partial charge is 0.421 e. The van der Waals surface area contributed by atoms with Crippen LogP contribution < -0.4 is 14.2 Å². The summed E-state index contributed by atoms with van der Waals surface area (Å²) in [5, 5.41) is 4.06. The highest BCUT2D eigenvalue weighted by Gasteiger charge is 2.35. The second-order valence-electron chi connectivity index (χ2n) is 6.72. The Hall–Kier alpha value is -3.41. The van der Waals surface area contributed by atoms with Gasteiger partial charge >= 0.3 is 6.18 Å². The fraction of sp³-hybridized carbons (Fsp3) is 0.200. The van der Waals surface area contributed by atoms with Crippen LogP contribution in [0.5, 0.6) is 11.5 Å². The molecule has 0 spiro atoms. The van der Waals surface area contributed by atoms with E-state index in [9.17, 15) is 17.6 Å². The number of hydrogen-bond acceptors (Lipinski definition) is 6. The van der Waals surface area contributed by atoms with Crippen molar-refractivity contribution in [2.45, 2.75) is 11.1 Å². The molecule has 0 radical (unpaired) electrons. The highest BCUT2D eigenvalue weighted by molar-refractivity contribution is 8.00. The Bertz CT molecular complexity index is 1290. The van der Waals surface area contributed by atoms with Crippen molar-refractivity contribution < 1.29 is 27.0 Å². The minimum Gasteiger partial charge on any atom is -0.496 e. The molecule has 0 saturated carbocycles. The summed E-state index contributed by atoms with van der Waals surface area (Å²) in [4.78, 5) is 4.93. The van der Waals surface area contributed by atoms with Crippen LogP contribution >= 0.6 is 11.9 Å². The molecule has 7 nitrogen and oxygen atoms in total. The van der Waals surface area contributed by atoms with Gasteiger partial charge in [-0.2, -0.15) is 18.3 Å². The fourth-order valence-corrected chi connectivity index (χ4v) is 3.88. The lowest BCUT2D eigenvalue weighted by atomic mass is 10.1. The normalized spacial score (nSPS) is 11.7. The summed E-state index contributed by atoms with van der Waals surface area (Å²) >= 11 is 1.19. The van der Waals surface area contributed by atoms with E-state index in [1.54, 1.807) is 30.2 Å². The minimum absolute atomic E-state index is 0.0309. The first-order valence-corrected chi connectivity index (χ1v) is 9.94. The van der Waals surface area contributed by atoms with Crippen LogP contribution in [0.25, 0.3) is 16.9 Å². The van der Waals surface area contributed by atoms with E-state index in [0.29, 0.717) is 11.3 Å². The number of aryl methyl sites for hydroxylation is 1. The molecule has 32 heavy (non-hydrogen) atoms. The second-order valence-corrected chi connectivity index (χ2v) is 7.60. The number of fused-ring (bicyclic) bond motifs is 1. The first-order chi connectivity index (χ1) is 15.2. The largest absolute Gasteiger partial charge is 0.496 e. The Morgan fingerprint density at radius 1 is 1.06 bits per heavy atom. The molecule has 0 atom stereocenters. The third kappa shape index (κ3) is 4.05. The summed E-state index contributed by atoms with van der Waals surface area (Å²) < 4.78 is 71.1. The summed E-state index contributed by atoms with van der Waals surface area (Å²) in [6.07, 6.45) is 1.01. The van der Waals surface area contributed by atoms with Crippen molar-refractivity contribution in [3.8, 4) is 22.8 Å². The molecule has 0 saturated heterocycles. The molecule has 0 amide bonds. The van der Waals surface area contributed by atoms with E-state index in [-0.39, 0.29) is 22.8 Å². The number of alkyl halides is 3. The van der Waals surface area contributed by atoms with Gasteiger partial charge in [0.15, 0.2) is 11.6 Å². The van der Waals surface area contributed by atoms with Gasteiger partial charge in [-0.1, -0.05) is 0 Å². The van der Waals surface area contributed by atoms with Gasteiger partial charge in [0, 0.05) is 31.1 Å². The molecule has 3 heterocycles. The van der Waals surface area contributed by atoms with Gasteiger partial charge in [-0.05, 0) is 24.1 Å². The molecule has 12 heteroatoms. The summed E-state index contributed by atoms with van der Waals surface area (Å²) in [6, 6.07) is 3.94. The molecule has 168 valence electrons. The van der Waals surface area contributed by atoms with Gasteiger partial charge in [0.1, 0.15) is 17.0 Å². The van der Waals surface area contributed by atoms with E-state index in [2.05, 4.69) is 14.8 Å². The van der Waals surface area contributed by atoms with Crippen LogP contribution in [-0.2, 0) is 13.2 Å². The van der Waals surface area contributed by atoms with Crippen molar-refractivity contribution in [3.05, 3.63) is 54.4 Å². The molecule has 0 fully saturated rings. The van der Waals surface area contributed by atoms with E-state index in [4.69, 9.17) is 9.47 Å². The summed E-state index contributed by atoms with van der Waals surface area (Å²) in [6.45, 7) is 0. The molecule has 0 bridgehead atoms. The van der Waals surface area contributed by atoms with E-state index in [1.165, 1.54) is 41.8 Å². The monoisotopic (exact) mass is 467 g/mol. The number of pyridine rings is 1. The predicted molar refractivity (Wildman–Crippen MR) is 111 cm³/mol. The van der Waals surface area contributed by atoms with E-state index >= 15 is 0 Å². The Morgan fingerprint density at radius 2 is 1.84 bits per heavy atom. The Balaban J connectivity index is 1.79. The quantitative estimate of drug-likeness (QED) is 0.317. The van der Waals surface area contributed by atoms with Gasteiger partial charge < -0.3 is 14.2 Å². The first-order valence-electron chi connectivity index (χ1n) is 9.13. The number of imidazole rings is 1. The van der Waals surface area contributed by atoms with Crippen LogP contribution in [0.2, 0.25) is 0 Å².